The summed E-state index contributed by atoms with van der Waals surface area (Å²) in [5, 5.41) is 9.65. The Morgan fingerprint density at radius 3 is 2.37 bits per heavy atom. The van der Waals surface area contributed by atoms with Gasteiger partial charge in [0.1, 0.15) is 5.69 Å². The number of halogens is 4. The van der Waals surface area contributed by atoms with E-state index in [1.165, 1.54) is 19.3 Å². The highest BCUT2D eigenvalue weighted by atomic mass is 19.3. The van der Waals surface area contributed by atoms with Crippen molar-refractivity contribution in [3.63, 3.8) is 0 Å². The van der Waals surface area contributed by atoms with Crippen LogP contribution < -0.4 is 10.6 Å². The number of hydrogen-bond acceptors (Lipinski definition) is 4. The van der Waals surface area contributed by atoms with Crippen LogP contribution in [0.2, 0.25) is 0 Å². The zero-order valence-corrected chi connectivity index (χ0v) is 24.9. The highest BCUT2D eigenvalue weighted by Crippen LogP contribution is 2.44. The zero-order chi connectivity index (χ0) is 31.0. The molecule has 3 aliphatic rings. The SMILES string of the molecule is C1CC1.CC(C)n1nccc1C(=O)NCCC1CCC(F)(F)C1.O=C(CC1CC(F)(F)C1)NCc1ccc2nc[nH]c2c1. The van der Waals surface area contributed by atoms with Crippen LogP contribution in [0.3, 0.4) is 0 Å². The quantitative estimate of drug-likeness (QED) is 0.233. The van der Waals surface area contributed by atoms with E-state index >= 15 is 0 Å². The second kappa shape index (κ2) is 14.4. The van der Waals surface area contributed by atoms with Gasteiger partial charge in [0.05, 0.1) is 17.4 Å². The Labute approximate surface area is 249 Å². The predicted octanol–water partition coefficient (Wildman–Crippen LogP) is 6.80. The van der Waals surface area contributed by atoms with Crippen molar-refractivity contribution in [2.24, 2.45) is 11.8 Å². The van der Waals surface area contributed by atoms with E-state index in [1.807, 2.05) is 32.0 Å². The normalized spacial score (nSPS) is 19.9. The molecule has 1 aromatic carbocycles. The van der Waals surface area contributed by atoms with Gasteiger partial charge >= 0.3 is 0 Å². The monoisotopic (exact) mass is 606 g/mol. The summed E-state index contributed by atoms with van der Waals surface area (Å²) in [6.45, 7) is 4.73. The van der Waals surface area contributed by atoms with Gasteiger partial charge in [-0.15, -0.1) is 0 Å². The van der Waals surface area contributed by atoms with Crippen LogP contribution in [0.1, 0.15) is 100 Å². The average Bonchev–Trinajstić information content (AvgIpc) is 3.45. The van der Waals surface area contributed by atoms with Crippen molar-refractivity contribution in [1.82, 2.24) is 30.4 Å². The minimum absolute atomic E-state index is 0.0142. The molecule has 1 atom stereocenters. The Kier molecular flexibility index (Phi) is 10.8. The maximum Gasteiger partial charge on any atom is 0.269 e. The summed E-state index contributed by atoms with van der Waals surface area (Å²) in [5.41, 5.74) is 3.25. The van der Waals surface area contributed by atoms with Crippen molar-refractivity contribution < 1.29 is 27.2 Å². The molecule has 12 heteroatoms. The molecule has 0 saturated heterocycles. The maximum absolute atomic E-state index is 13.0. The summed E-state index contributed by atoms with van der Waals surface area (Å²) in [4.78, 5) is 30.8. The largest absolute Gasteiger partial charge is 0.352 e. The van der Waals surface area contributed by atoms with E-state index in [4.69, 9.17) is 0 Å². The third-order valence-corrected chi connectivity index (χ3v) is 7.71. The molecule has 43 heavy (non-hydrogen) atoms. The molecule has 6 rings (SSSR count). The number of amides is 2. The molecule has 3 fully saturated rings. The van der Waals surface area contributed by atoms with Crippen LogP contribution in [-0.4, -0.2) is 50.0 Å². The molecule has 1 unspecified atom stereocenters. The van der Waals surface area contributed by atoms with Gasteiger partial charge in [-0.3, -0.25) is 14.3 Å². The second-order valence-electron chi connectivity index (χ2n) is 12.2. The molecule has 8 nitrogen and oxygen atoms in total. The number of imidazole rings is 1. The first kappa shape index (κ1) is 32.5. The summed E-state index contributed by atoms with van der Waals surface area (Å²) in [5.74, 6) is -5.60. The molecular weight excluding hydrogens is 564 g/mol. The van der Waals surface area contributed by atoms with Crippen LogP contribution in [-0.2, 0) is 11.3 Å². The number of carbonyl (C=O) groups excluding carboxylic acids is 2. The molecule has 3 saturated carbocycles. The predicted molar refractivity (Wildman–Crippen MR) is 156 cm³/mol. The summed E-state index contributed by atoms with van der Waals surface area (Å²) >= 11 is 0. The molecule has 236 valence electrons. The van der Waals surface area contributed by atoms with Crippen LogP contribution in [0.15, 0.2) is 36.8 Å². The van der Waals surface area contributed by atoms with Gasteiger partial charge in [-0.05, 0) is 62.3 Å². The maximum atomic E-state index is 13.0. The first-order valence-corrected chi connectivity index (χ1v) is 15.2. The number of aromatic amines is 1. The lowest BCUT2D eigenvalue weighted by molar-refractivity contribution is -0.133. The van der Waals surface area contributed by atoms with Gasteiger partial charge in [-0.25, -0.2) is 22.5 Å². The van der Waals surface area contributed by atoms with Crippen molar-refractivity contribution in [3.05, 3.63) is 48.0 Å². The molecular formula is C31H42F4N6O2. The fourth-order valence-corrected chi connectivity index (χ4v) is 5.23. The lowest BCUT2D eigenvalue weighted by Crippen LogP contribution is -2.38. The number of carbonyl (C=O) groups is 2. The van der Waals surface area contributed by atoms with E-state index in [-0.39, 0.29) is 61.8 Å². The molecule has 2 amide bonds. The fraction of sp³-hybridized carbons (Fsp3) is 0.613. The Morgan fingerprint density at radius 1 is 1.02 bits per heavy atom. The molecule has 0 aliphatic heterocycles. The third kappa shape index (κ3) is 10.4. The Balaban J connectivity index is 0.000000179. The molecule has 2 heterocycles. The molecule has 0 radical (unpaired) electrons. The van der Waals surface area contributed by atoms with E-state index in [1.54, 1.807) is 23.3 Å². The third-order valence-electron chi connectivity index (χ3n) is 7.71. The molecule has 3 N–H and O–H groups in total. The minimum Gasteiger partial charge on any atom is -0.352 e. The van der Waals surface area contributed by atoms with Gasteiger partial charge in [0.2, 0.25) is 17.8 Å². The van der Waals surface area contributed by atoms with E-state index in [0.717, 1.165) is 16.6 Å². The van der Waals surface area contributed by atoms with Crippen molar-refractivity contribution in [1.29, 1.82) is 0 Å². The van der Waals surface area contributed by atoms with Crippen molar-refractivity contribution in [2.75, 3.05) is 6.54 Å². The number of hydrogen-bond donors (Lipinski definition) is 3. The van der Waals surface area contributed by atoms with E-state index in [0.29, 0.717) is 31.6 Å². The Hall–Kier alpha value is -3.44. The van der Waals surface area contributed by atoms with E-state index in [2.05, 4.69) is 25.7 Å². The van der Waals surface area contributed by atoms with Crippen LogP contribution >= 0.6 is 0 Å². The number of rotatable bonds is 9. The summed E-state index contributed by atoms with van der Waals surface area (Å²) in [7, 11) is 0. The summed E-state index contributed by atoms with van der Waals surface area (Å²) in [6.07, 6.45) is 8.64. The first-order valence-electron chi connectivity index (χ1n) is 15.2. The molecule has 3 aliphatic carbocycles. The summed E-state index contributed by atoms with van der Waals surface area (Å²) in [6, 6.07) is 7.46. The number of nitrogens with zero attached hydrogens (tertiary/aromatic N) is 3. The number of aromatic nitrogens is 4. The van der Waals surface area contributed by atoms with Crippen LogP contribution in [0.5, 0.6) is 0 Å². The van der Waals surface area contributed by atoms with Gasteiger partial charge in [-0.2, -0.15) is 5.10 Å². The van der Waals surface area contributed by atoms with Gasteiger partial charge in [0, 0.05) is 57.4 Å². The fourth-order valence-electron chi connectivity index (χ4n) is 5.23. The number of alkyl halides is 4. The first-order chi connectivity index (χ1) is 20.4. The lowest BCUT2D eigenvalue weighted by Gasteiger charge is -2.34. The Bertz CT molecular complexity index is 1340. The van der Waals surface area contributed by atoms with Crippen LogP contribution in [0, 0.1) is 11.8 Å². The average molecular weight is 607 g/mol. The molecule has 2 aromatic heterocycles. The molecule has 0 bridgehead atoms. The summed E-state index contributed by atoms with van der Waals surface area (Å²) < 4.78 is 53.1. The Morgan fingerprint density at radius 2 is 1.74 bits per heavy atom. The van der Waals surface area contributed by atoms with Gasteiger partial charge in [0.15, 0.2) is 0 Å². The number of H-pyrrole nitrogens is 1. The topological polar surface area (TPSA) is 105 Å². The number of nitrogens with one attached hydrogen (secondary N) is 3. The number of fused-ring (bicyclic) bond motifs is 1. The van der Waals surface area contributed by atoms with E-state index < -0.39 is 11.8 Å². The number of benzene rings is 1. The standard InChI is InChI=1S/C14H15F2N3O.C14H21F2N3O.C3H6/c15-14(16)5-10(6-14)4-13(20)17-7-9-1-2-11-12(3-9)19-8-18-11;1-10(2)19-12(5-8-18-19)13(20)17-7-4-11-3-6-14(15,16)9-11;1-2-3-1/h1-3,8,10H,4-7H2,(H,17,20)(H,18,19);5,8,10-11H,3-4,6-7,9H2,1-2H3,(H,17,20);1-3H2. The van der Waals surface area contributed by atoms with Gasteiger partial charge in [0.25, 0.3) is 5.91 Å². The van der Waals surface area contributed by atoms with E-state index in [9.17, 15) is 27.2 Å². The van der Waals surface area contributed by atoms with Gasteiger partial charge < -0.3 is 15.6 Å². The van der Waals surface area contributed by atoms with Gasteiger partial charge in [-0.1, -0.05) is 25.3 Å². The smallest absolute Gasteiger partial charge is 0.269 e. The molecule has 0 spiro atoms. The molecule has 3 aromatic rings. The van der Waals surface area contributed by atoms with Crippen LogP contribution in [0.4, 0.5) is 17.6 Å². The minimum atomic E-state index is -2.56. The van der Waals surface area contributed by atoms with Crippen molar-refractivity contribution in [2.45, 2.75) is 102 Å². The lowest BCUT2D eigenvalue weighted by atomic mass is 9.79. The van der Waals surface area contributed by atoms with Crippen molar-refractivity contribution >= 4 is 22.8 Å². The highest BCUT2D eigenvalue weighted by Gasteiger charge is 2.45. The second-order valence-corrected chi connectivity index (χ2v) is 12.2. The zero-order valence-electron chi connectivity index (χ0n) is 24.9. The van der Waals surface area contributed by atoms with Crippen LogP contribution in [0.25, 0.3) is 11.0 Å². The highest BCUT2D eigenvalue weighted by molar-refractivity contribution is 5.92. The van der Waals surface area contributed by atoms with Crippen molar-refractivity contribution in [3.8, 4) is 0 Å².